The van der Waals surface area contributed by atoms with E-state index < -0.39 is 5.97 Å². The van der Waals surface area contributed by atoms with Gasteiger partial charge in [-0.15, -0.1) is 0 Å². The number of hydrogen-bond acceptors (Lipinski definition) is 5. The number of hydrogen-bond donors (Lipinski definition) is 1. The molecule has 1 N–H and O–H groups in total. The minimum Gasteiger partial charge on any atom is -0.497 e. The number of esters is 1. The molecule has 25 heavy (non-hydrogen) atoms. The molecule has 0 bridgehead atoms. The molecule has 3 rings (SSSR count). The highest BCUT2D eigenvalue weighted by Gasteiger charge is 2.33. The van der Waals surface area contributed by atoms with Crippen LogP contribution in [0.5, 0.6) is 11.5 Å². The Hall–Kier alpha value is -2.76. The fourth-order valence-electron chi connectivity index (χ4n) is 3.52. The second-order valence-corrected chi connectivity index (χ2v) is 6.11. The van der Waals surface area contributed by atoms with Crippen molar-refractivity contribution in [3.05, 3.63) is 46.3 Å². The first-order valence-electron chi connectivity index (χ1n) is 8.05. The summed E-state index contributed by atoms with van der Waals surface area (Å²) in [7, 11) is 4.54. The summed E-state index contributed by atoms with van der Waals surface area (Å²) in [4.78, 5) is 27.7. The van der Waals surface area contributed by atoms with Crippen LogP contribution in [-0.4, -0.2) is 38.1 Å². The topological polar surface area (TPSA) is 77.6 Å². The number of fused-ring (bicyclic) bond motifs is 1. The number of Topliss-reactive ketones (excluding diaryl/α,β-unsaturated/α-hetero) is 1. The van der Waals surface area contributed by atoms with Crippen molar-refractivity contribution in [2.24, 2.45) is 0 Å². The highest BCUT2D eigenvalue weighted by Crippen LogP contribution is 2.39. The van der Waals surface area contributed by atoms with Crippen LogP contribution in [-0.2, 0) is 11.2 Å². The van der Waals surface area contributed by atoms with Gasteiger partial charge in [-0.3, -0.25) is 4.79 Å². The van der Waals surface area contributed by atoms with Crippen LogP contribution < -0.4 is 9.47 Å². The molecule has 1 aliphatic rings. The second-order valence-electron chi connectivity index (χ2n) is 6.11. The monoisotopic (exact) mass is 343 g/mol. The summed E-state index contributed by atoms with van der Waals surface area (Å²) in [6.07, 6.45) is 0.971. The third-order valence-corrected chi connectivity index (χ3v) is 4.76. The van der Waals surface area contributed by atoms with E-state index >= 15 is 0 Å². The van der Waals surface area contributed by atoms with Crippen molar-refractivity contribution in [3.8, 4) is 11.5 Å². The predicted molar refractivity (Wildman–Crippen MR) is 91.8 cm³/mol. The van der Waals surface area contributed by atoms with E-state index in [1.807, 2.05) is 18.2 Å². The third kappa shape index (κ3) is 2.88. The van der Waals surface area contributed by atoms with Crippen LogP contribution in [0.1, 0.15) is 50.0 Å². The molecule has 0 aliphatic heterocycles. The van der Waals surface area contributed by atoms with Gasteiger partial charge in [0.25, 0.3) is 0 Å². The van der Waals surface area contributed by atoms with Gasteiger partial charge in [-0.05, 0) is 37.1 Å². The fourth-order valence-corrected chi connectivity index (χ4v) is 3.52. The molecular formula is C19H21NO5. The summed E-state index contributed by atoms with van der Waals surface area (Å²) >= 11 is 0. The maximum Gasteiger partial charge on any atom is 0.354 e. The third-order valence-electron chi connectivity index (χ3n) is 4.76. The van der Waals surface area contributed by atoms with Gasteiger partial charge in [0, 0.05) is 29.2 Å². The standard InChI is InChI=1S/C19H21NO5/c1-10-17-14(20-18(10)19(22)25-4)7-11(8-15(17)21)13-9-12(23-2)5-6-16(13)24-3/h5-6,9,11,20H,7-8H2,1-4H3/t11-/m1/s1. The van der Waals surface area contributed by atoms with E-state index in [-0.39, 0.29) is 11.7 Å². The van der Waals surface area contributed by atoms with Gasteiger partial charge in [-0.2, -0.15) is 0 Å². The molecule has 1 aromatic heterocycles. The summed E-state index contributed by atoms with van der Waals surface area (Å²) in [5, 5.41) is 0. The van der Waals surface area contributed by atoms with Gasteiger partial charge in [-0.25, -0.2) is 4.79 Å². The van der Waals surface area contributed by atoms with E-state index in [0.29, 0.717) is 35.4 Å². The van der Waals surface area contributed by atoms with Crippen molar-refractivity contribution in [2.75, 3.05) is 21.3 Å². The Kier molecular flexibility index (Phi) is 4.53. The molecule has 1 heterocycles. The Morgan fingerprint density at radius 2 is 1.92 bits per heavy atom. The van der Waals surface area contributed by atoms with Crippen LogP contribution >= 0.6 is 0 Å². The SMILES string of the molecule is COC(=O)c1[nH]c2c(c1C)C(=O)C[C@H](c1cc(OC)ccc1OC)C2. The molecule has 6 nitrogen and oxygen atoms in total. The van der Waals surface area contributed by atoms with E-state index in [4.69, 9.17) is 14.2 Å². The first-order valence-corrected chi connectivity index (χ1v) is 8.05. The first-order chi connectivity index (χ1) is 12.0. The van der Waals surface area contributed by atoms with Crippen molar-refractivity contribution < 1.29 is 23.8 Å². The Labute approximate surface area is 146 Å². The van der Waals surface area contributed by atoms with Crippen LogP contribution in [0, 0.1) is 6.92 Å². The maximum absolute atomic E-state index is 12.7. The molecule has 0 spiro atoms. The van der Waals surface area contributed by atoms with Crippen LogP contribution in [0.2, 0.25) is 0 Å². The first kappa shape index (κ1) is 17.1. The highest BCUT2D eigenvalue weighted by atomic mass is 16.5. The van der Waals surface area contributed by atoms with E-state index in [1.54, 1.807) is 21.1 Å². The molecule has 1 aliphatic carbocycles. The molecule has 0 saturated heterocycles. The number of carbonyl (C=O) groups excluding carboxylic acids is 2. The number of ether oxygens (including phenoxy) is 3. The van der Waals surface area contributed by atoms with Crippen molar-refractivity contribution in [1.29, 1.82) is 0 Å². The van der Waals surface area contributed by atoms with Crippen LogP contribution in [0.4, 0.5) is 0 Å². The zero-order valence-corrected chi connectivity index (χ0v) is 14.8. The predicted octanol–water partition coefficient (Wildman–Crippen LogP) is 3.04. The smallest absolute Gasteiger partial charge is 0.354 e. The van der Waals surface area contributed by atoms with Gasteiger partial charge < -0.3 is 19.2 Å². The van der Waals surface area contributed by atoms with Gasteiger partial charge in [0.15, 0.2) is 5.78 Å². The van der Waals surface area contributed by atoms with Crippen molar-refractivity contribution in [2.45, 2.75) is 25.7 Å². The number of nitrogens with one attached hydrogen (secondary N) is 1. The number of aromatic nitrogens is 1. The Bertz CT molecular complexity index is 837. The zero-order chi connectivity index (χ0) is 18.1. The molecule has 0 radical (unpaired) electrons. The Balaban J connectivity index is 2.02. The van der Waals surface area contributed by atoms with Crippen LogP contribution in [0.25, 0.3) is 0 Å². The van der Waals surface area contributed by atoms with Crippen molar-refractivity contribution >= 4 is 11.8 Å². The molecule has 0 unspecified atom stereocenters. The summed E-state index contributed by atoms with van der Waals surface area (Å²) < 4.78 is 15.5. The van der Waals surface area contributed by atoms with E-state index in [0.717, 1.165) is 17.0 Å². The number of aromatic amines is 1. The molecular weight excluding hydrogens is 322 g/mol. The van der Waals surface area contributed by atoms with Gasteiger partial charge >= 0.3 is 5.97 Å². The average Bonchev–Trinajstić information content (AvgIpc) is 2.97. The molecule has 1 atom stereocenters. The maximum atomic E-state index is 12.7. The zero-order valence-electron chi connectivity index (χ0n) is 14.8. The minimum absolute atomic E-state index is 0.0139. The second kappa shape index (κ2) is 6.63. The molecule has 2 aromatic rings. The van der Waals surface area contributed by atoms with Gasteiger partial charge in [0.2, 0.25) is 0 Å². The van der Waals surface area contributed by atoms with Crippen LogP contribution in [0.3, 0.4) is 0 Å². The molecule has 0 fully saturated rings. The average molecular weight is 343 g/mol. The van der Waals surface area contributed by atoms with Crippen molar-refractivity contribution in [1.82, 2.24) is 4.98 Å². The van der Waals surface area contributed by atoms with Gasteiger partial charge in [0.1, 0.15) is 17.2 Å². The highest BCUT2D eigenvalue weighted by molar-refractivity contribution is 6.03. The van der Waals surface area contributed by atoms with Crippen molar-refractivity contribution in [3.63, 3.8) is 0 Å². The van der Waals surface area contributed by atoms with Gasteiger partial charge in [-0.1, -0.05) is 0 Å². The van der Waals surface area contributed by atoms with Gasteiger partial charge in [0.05, 0.1) is 21.3 Å². The quantitative estimate of drug-likeness (QED) is 0.864. The number of H-pyrrole nitrogens is 1. The number of ketones is 1. The summed E-state index contributed by atoms with van der Waals surface area (Å²) in [5.74, 6) is 0.939. The number of methoxy groups -OCH3 is 3. The fraction of sp³-hybridized carbons (Fsp3) is 0.368. The summed E-state index contributed by atoms with van der Waals surface area (Å²) in [6.45, 7) is 1.77. The molecule has 132 valence electrons. The number of rotatable bonds is 4. The molecule has 0 saturated carbocycles. The lowest BCUT2D eigenvalue weighted by molar-refractivity contribution is 0.0593. The van der Waals surface area contributed by atoms with Crippen LogP contribution in [0.15, 0.2) is 18.2 Å². The number of benzene rings is 1. The van der Waals surface area contributed by atoms with E-state index in [9.17, 15) is 9.59 Å². The summed E-state index contributed by atoms with van der Waals surface area (Å²) in [6, 6.07) is 5.57. The lowest BCUT2D eigenvalue weighted by Gasteiger charge is -2.24. The molecule has 1 aromatic carbocycles. The van der Waals surface area contributed by atoms with E-state index in [1.165, 1.54) is 7.11 Å². The number of carbonyl (C=O) groups is 2. The molecule has 0 amide bonds. The largest absolute Gasteiger partial charge is 0.497 e. The normalized spacial score (nSPS) is 16.3. The lowest BCUT2D eigenvalue weighted by atomic mass is 9.81. The summed E-state index contributed by atoms with van der Waals surface area (Å²) in [5.41, 5.74) is 3.30. The Morgan fingerprint density at radius 3 is 2.56 bits per heavy atom. The molecule has 6 heteroatoms. The van der Waals surface area contributed by atoms with E-state index in [2.05, 4.69) is 4.98 Å². The minimum atomic E-state index is -0.463. The Morgan fingerprint density at radius 1 is 1.16 bits per heavy atom. The lowest BCUT2D eigenvalue weighted by Crippen LogP contribution is -2.19.